The molecular weight excluding hydrogens is 481 g/mol. The molecule has 2 rings (SSSR count). The SMILES string of the molecule is CCNC(=NCC(C)N1CCOCC1C)NCC(CC(C)C)N1CCOCC1.I. The number of nitrogens with one attached hydrogen (secondary N) is 2. The Morgan fingerprint density at radius 1 is 1.07 bits per heavy atom. The molecular formula is C21H44IN5O2. The quantitative estimate of drug-likeness (QED) is 0.273. The minimum absolute atomic E-state index is 0. The Labute approximate surface area is 195 Å². The van der Waals surface area contributed by atoms with Crippen LogP contribution in [0.4, 0.5) is 0 Å². The zero-order valence-corrected chi connectivity index (χ0v) is 21.5. The van der Waals surface area contributed by atoms with E-state index in [1.165, 1.54) is 6.42 Å². The molecule has 2 aliphatic heterocycles. The van der Waals surface area contributed by atoms with E-state index in [-0.39, 0.29) is 24.0 Å². The van der Waals surface area contributed by atoms with Crippen molar-refractivity contribution in [2.75, 3.05) is 65.7 Å². The molecule has 2 N–H and O–H groups in total. The highest BCUT2D eigenvalue weighted by atomic mass is 127. The molecule has 2 heterocycles. The summed E-state index contributed by atoms with van der Waals surface area (Å²) in [6.45, 7) is 20.2. The van der Waals surface area contributed by atoms with Crippen molar-refractivity contribution in [3.63, 3.8) is 0 Å². The number of hydrogen-bond acceptors (Lipinski definition) is 5. The van der Waals surface area contributed by atoms with Crippen LogP contribution in [-0.4, -0.2) is 99.6 Å². The first kappa shape index (κ1) is 26.9. The summed E-state index contributed by atoms with van der Waals surface area (Å²) in [5, 5.41) is 7.02. The standard InChI is InChI=1S/C21H43N5O2.HI/c1-6-22-21(23-14-18(4)26-9-12-28-16-19(26)5)24-15-20(13-17(2)3)25-7-10-27-11-8-25;/h17-20H,6-16H2,1-5H3,(H2,22,23,24);1H. The molecule has 7 nitrogen and oxygen atoms in total. The molecule has 0 spiro atoms. The Bertz CT molecular complexity index is 460. The Morgan fingerprint density at radius 3 is 2.38 bits per heavy atom. The molecule has 0 aliphatic carbocycles. The molecule has 172 valence electrons. The first-order valence-corrected chi connectivity index (χ1v) is 11.2. The van der Waals surface area contributed by atoms with Crippen molar-refractivity contribution >= 4 is 29.9 Å². The summed E-state index contributed by atoms with van der Waals surface area (Å²) in [6.07, 6.45) is 1.19. The lowest BCUT2D eigenvalue weighted by molar-refractivity contribution is -0.0166. The summed E-state index contributed by atoms with van der Waals surface area (Å²) in [7, 11) is 0. The van der Waals surface area contributed by atoms with Gasteiger partial charge in [0.25, 0.3) is 0 Å². The normalized spacial score (nSPS) is 24.1. The lowest BCUT2D eigenvalue weighted by Gasteiger charge is -2.37. The van der Waals surface area contributed by atoms with Crippen LogP contribution in [0.3, 0.4) is 0 Å². The minimum atomic E-state index is 0. The van der Waals surface area contributed by atoms with Gasteiger partial charge in [-0.15, -0.1) is 24.0 Å². The fourth-order valence-corrected chi connectivity index (χ4v) is 4.13. The summed E-state index contributed by atoms with van der Waals surface area (Å²) < 4.78 is 11.1. The number of nitrogens with zero attached hydrogens (tertiary/aromatic N) is 3. The average molecular weight is 526 g/mol. The van der Waals surface area contributed by atoms with E-state index < -0.39 is 0 Å². The molecule has 2 aliphatic rings. The molecule has 2 saturated heterocycles. The summed E-state index contributed by atoms with van der Waals surface area (Å²) in [5.41, 5.74) is 0. The molecule has 8 heteroatoms. The van der Waals surface area contributed by atoms with Crippen LogP contribution in [0.5, 0.6) is 0 Å². The smallest absolute Gasteiger partial charge is 0.191 e. The molecule has 0 radical (unpaired) electrons. The van der Waals surface area contributed by atoms with Gasteiger partial charge in [0.2, 0.25) is 0 Å². The van der Waals surface area contributed by atoms with Gasteiger partial charge < -0.3 is 20.1 Å². The molecule has 0 aromatic heterocycles. The summed E-state index contributed by atoms with van der Waals surface area (Å²) in [4.78, 5) is 9.96. The minimum Gasteiger partial charge on any atom is -0.379 e. The predicted molar refractivity (Wildman–Crippen MR) is 131 cm³/mol. The molecule has 2 fully saturated rings. The highest BCUT2D eigenvalue weighted by Crippen LogP contribution is 2.13. The fourth-order valence-electron chi connectivity index (χ4n) is 4.13. The third-order valence-corrected chi connectivity index (χ3v) is 5.65. The van der Waals surface area contributed by atoms with E-state index in [0.29, 0.717) is 24.0 Å². The van der Waals surface area contributed by atoms with Gasteiger partial charge in [-0.2, -0.15) is 0 Å². The second kappa shape index (κ2) is 14.8. The topological polar surface area (TPSA) is 61.4 Å². The molecule has 29 heavy (non-hydrogen) atoms. The van der Waals surface area contributed by atoms with E-state index in [4.69, 9.17) is 14.5 Å². The van der Waals surface area contributed by atoms with E-state index in [9.17, 15) is 0 Å². The van der Waals surface area contributed by atoms with E-state index in [1.807, 2.05) is 0 Å². The van der Waals surface area contributed by atoms with Crippen molar-refractivity contribution in [1.29, 1.82) is 0 Å². The van der Waals surface area contributed by atoms with Crippen molar-refractivity contribution in [2.45, 2.75) is 59.2 Å². The van der Waals surface area contributed by atoms with Gasteiger partial charge in [0, 0.05) is 50.8 Å². The molecule has 0 aromatic rings. The average Bonchev–Trinajstić information content (AvgIpc) is 2.69. The van der Waals surface area contributed by atoms with E-state index in [2.05, 4.69) is 55.1 Å². The van der Waals surface area contributed by atoms with Crippen LogP contribution in [0.15, 0.2) is 4.99 Å². The lowest BCUT2D eigenvalue weighted by Crippen LogP contribution is -2.51. The second-order valence-electron chi connectivity index (χ2n) is 8.54. The summed E-state index contributed by atoms with van der Waals surface area (Å²) >= 11 is 0. The van der Waals surface area contributed by atoms with Crippen LogP contribution >= 0.6 is 24.0 Å². The molecule has 0 aromatic carbocycles. The number of halogens is 1. The van der Waals surface area contributed by atoms with Crippen LogP contribution in [-0.2, 0) is 9.47 Å². The molecule has 3 unspecified atom stereocenters. The molecule has 0 bridgehead atoms. The number of ether oxygens (including phenoxy) is 2. The summed E-state index contributed by atoms with van der Waals surface area (Å²) in [6, 6.07) is 1.40. The van der Waals surface area contributed by atoms with Crippen molar-refractivity contribution < 1.29 is 9.47 Å². The number of guanidine groups is 1. The zero-order chi connectivity index (χ0) is 20.4. The Kier molecular flexibility index (Phi) is 13.7. The number of hydrogen-bond donors (Lipinski definition) is 2. The molecule has 3 atom stereocenters. The van der Waals surface area contributed by atoms with Gasteiger partial charge in [0.05, 0.1) is 33.0 Å². The van der Waals surface area contributed by atoms with E-state index >= 15 is 0 Å². The van der Waals surface area contributed by atoms with Gasteiger partial charge in [0.1, 0.15) is 0 Å². The van der Waals surface area contributed by atoms with Crippen LogP contribution in [0, 0.1) is 5.92 Å². The third-order valence-electron chi connectivity index (χ3n) is 5.65. The number of aliphatic imine (C=N–C) groups is 1. The van der Waals surface area contributed by atoms with E-state index in [1.54, 1.807) is 0 Å². The fraction of sp³-hybridized carbons (Fsp3) is 0.952. The number of morpholine rings is 2. The summed E-state index contributed by atoms with van der Waals surface area (Å²) in [5.74, 6) is 1.61. The maximum absolute atomic E-state index is 5.56. The molecule has 0 saturated carbocycles. The zero-order valence-electron chi connectivity index (χ0n) is 19.2. The largest absolute Gasteiger partial charge is 0.379 e. The van der Waals surface area contributed by atoms with Crippen LogP contribution in [0.1, 0.15) is 41.0 Å². The van der Waals surface area contributed by atoms with Crippen molar-refractivity contribution in [3.8, 4) is 0 Å². The van der Waals surface area contributed by atoms with Gasteiger partial charge in [-0.25, -0.2) is 0 Å². The van der Waals surface area contributed by atoms with Gasteiger partial charge in [0.15, 0.2) is 5.96 Å². The highest BCUT2D eigenvalue weighted by Gasteiger charge is 2.24. The van der Waals surface area contributed by atoms with Crippen molar-refractivity contribution in [3.05, 3.63) is 0 Å². The van der Waals surface area contributed by atoms with Crippen LogP contribution < -0.4 is 10.6 Å². The second-order valence-corrected chi connectivity index (χ2v) is 8.54. The van der Waals surface area contributed by atoms with Gasteiger partial charge >= 0.3 is 0 Å². The van der Waals surface area contributed by atoms with Gasteiger partial charge in [-0.05, 0) is 33.1 Å². The monoisotopic (exact) mass is 525 g/mol. The Morgan fingerprint density at radius 2 is 1.76 bits per heavy atom. The predicted octanol–water partition coefficient (Wildman–Crippen LogP) is 2.02. The third kappa shape index (κ3) is 9.67. The van der Waals surface area contributed by atoms with E-state index in [0.717, 1.165) is 71.7 Å². The lowest BCUT2D eigenvalue weighted by atomic mass is 10.0. The first-order valence-electron chi connectivity index (χ1n) is 11.2. The Balaban J connectivity index is 0.00000420. The van der Waals surface area contributed by atoms with Gasteiger partial charge in [-0.3, -0.25) is 14.8 Å². The Hall–Kier alpha value is -0.160. The first-order chi connectivity index (χ1) is 13.5. The highest BCUT2D eigenvalue weighted by molar-refractivity contribution is 14.0. The van der Waals surface area contributed by atoms with Crippen LogP contribution in [0.25, 0.3) is 0 Å². The molecule has 0 amide bonds. The maximum atomic E-state index is 5.56. The maximum Gasteiger partial charge on any atom is 0.191 e. The van der Waals surface area contributed by atoms with Crippen molar-refractivity contribution in [1.82, 2.24) is 20.4 Å². The van der Waals surface area contributed by atoms with Gasteiger partial charge in [-0.1, -0.05) is 13.8 Å². The number of rotatable bonds is 9. The van der Waals surface area contributed by atoms with Crippen LogP contribution in [0.2, 0.25) is 0 Å². The van der Waals surface area contributed by atoms with Crippen molar-refractivity contribution in [2.24, 2.45) is 10.9 Å².